The summed E-state index contributed by atoms with van der Waals surface area (Å²) in [6, 6.07) is 20.9. The normalized spacial score (nSPS) is 12.2. The van der Waals surface area contributed by atoms with Crippen molar-refractivity contribution in [3.63, 3.8) is 0 Å². The molecule has 0 saturated heterocycles. The Morgan fingerprint density at radius 2 is 1.35 bits per heavy atom. The summed E-state index contributed by atoms with van der Waals surface area (Å²) in [6.45, 7) is 4.36. The first kappa shape index (κ1) is 38.8. The summed E-state index contributed by atoms with van der Waals surface area (Å²) in [4.78, 5) is 77.1. The molecule has 0 bridgehead atoms. The van der Waals surface area contributed by atoms with Gasteiger partial charge in [-0.05, 0) is 50.1 Å². The number of fused-ring (bicyclic) bond motifs is 5. The van der Waals surface area contributed by atoms with Crippen molar-refractivity contribution in [3.05, 3.63) is 83.9 Å². The minimum absolute atomic E-state index is 0.0519. The lowest BCUT2D eigenvalue weighted by atomic mass is 9.95. The molecule has 5 rings (SSSR count). The number of anilines is 2. The van der Waals surface area contributed by atoms with Gasteiger partial charge in [-0.15, -0.1) is 5.10 Å². The van der Waals surface area contributed by atoms with Gasteiger partial charge in [0, 0.05) is 35.7 Å². The van der Waals surface area contributed by atoms with Crippen LogP contribution in [0.25, 0.3) is 22.5 Å². The zero-order valence-corrected chi connectivity index (χ0v) is 30.2. The number of aromatic nitrogens is 3. The fourth-order valence-corrected chi connectivity index (χ4v) is 5.77. The minimum Gasteiger partial charge on any atom is -0.392 e. The number of aliphatic hydroxyl groups excluding tert-OH is 1. The molecule has 1 aliphatic heterocycles. The molecule has 0 radical (unpaired) electrons. The van der Waals surface area contributed by atoms with Crippen LogP contribution in [0.2, 0.25) is 0 Å². The van der Waals surface area contributed by atoms with Crippen molar-refractivity contribution >= 4 is 46.8 Å². The molecule has 3 aromatic carbocycles. The highest BCUT2D eigenvalue weighted by molar-refractivity contribution is 6.01. The molecule has 1 aromatic heterocycles. The van der Waals surface area contributed by atoms with Crippen LogP contribution in [-0.4, -0.2) is 81.2 Å². The van der Waals surface area contributed by atoms with Crippen molar-refractivity contribution in [3.8, 4) is 22.5 Å². The van der Waals surface area contributed by atoms with E-state index in [1.165, 1.54) is 6.92 Å². The molecule has 0 spiro atoms. The first-order valence-electron chi connectivity index (χ1n) is 17.5. The van der Waals surface area contributed by atoms with Gasteiger partial charge in [0.25, 0.3) is 0 Å². The van der Waals surface area contributed by atoms with Crippen molar-refractivity contribution in [1.29, 1.82) is 0 Å². The van der Waals surface area contributed by atoms with E-state index >= 15 is 0 Å². The van der Waals surface area contributed by atoms with Crippen LogP contribution in [-0.2, 0) is 41.9 Å². The number of nitrogens with one attached hydrogen (secondary N) is 5. The molecular formula is C38H43N9O7. The van der Waals surface area contributed by atoms with Crippen LogP contribution in [0.1, 0.15) is 50.8 Å². The van der Waals surface area contributed by atoms with Crippen molar-refractivity contribution in [2.45, 2.75) is 58.8 Å². The lowest BCUT2D eigenvalue weighted by Gasteiger charge is -2.28. The Kier molecular flexibility index (Phi) is 12.8. The highest BCUT2D eigenvalue weighted by Crippen LogP contribution is 2.41. The zero-order chi connectivity index (χ0) is 38.8. The first-order valence-corrected chi connectivity index (χ1v) is 17.5. The number of carbonyl (C=O) groups is 6. The number of aliphatic hydroxyl groups is 1. The third kappa shape index (κ3) is 9.71. The molecule has 282 valence electrons. The predicted octanol–water partition coefficient (Wildman–Crippen LogP) is 1.80. The van der Waals surface area contributed by atoms with Gasteiger partial charge in [0.05, 0.1) is 44.2 Å². The van der Waals surface area contributed by atoms with Crippen molar-refractivity contribution in [2.24, 2.45) is 0 Å². The molecule has 16 nitrogen and oxygen atoms in total. The SMILES string of the molecule is CC(C)n1nnc2c1-c1ccccc1CN(C(=O)CCC(=O)NCC(=O)NCC(=O)NCC(=O)N[C@@H](C)C(=O)Nc1ccc(CO)cc1)c1ccccc1-2. The van der Waals surface area contributed by atoms with Gasteiger partial charge < -0.3 is 36.6 Å². The molecule has 6 N–H and O–H groups in total. The Labute approximate surface area is 311 Å². The van der Waals surface area contributed by atoms with Crippen molar-refractivity contribution < 1.29 is 33.9 Å². The van der Waals surface area contributed by atoms with Gasteiger partial charge in [0.2, 0.25) is 35.4 Å². The van der Waals surface area contributed by atoms with Crippen molar-refractivity contribution in [1.82, 2.24) is 36.3 Å². The van der Waals surface area contributed by atoms with E-state index in [0.29, 0.717) is 22.6 Å². The zero-order valence-electron chi connectivity index (χ0n) is 30.2. The van der Waals surface area contributed by atoms with Crippen LogP contribution in [0.4, 0.5) is 11.4 Å². The average molecular weight is 738 g/mol. The number of hydrogen-bond donors (Lipinski definition) is 6. The van der Waals surface area contributed by atoms with E-state index in [9.17, 15) is 28.8 Å². The number of benzene rings is 3. The summed E-state index contributed by atoms with van der Waals surface area (Å²) in [5.41, 5.74) is 5.90. The summed E-state index contributed by atoms with van der Waals surface area (Å²) >= 11 is 0. The molecule has 0 aliphatic carbocycles. The molecule has 0 fully saturated rings. The maximum atomic E-state index is 13.7. The maximum Gasteiger partial charge on any atom is 0.246 e. The second-order valence-corrected chi connectivity index (χ2v) is 12.9. The second-order valence-electron chi connectivity index (χ2n) is 12.9. The minimum atomic E-state index is -0.909. The molecule has 6 amide bonds. The van der Waals surface area contributed by atoms with Gasteiger partial charge in [-0.25, -0.2) is 4.68 Å². The summed E-state index contributed by atoms with van der Waals surface area (Å²) in [6.07, 6.45) is -0.304. The van der Waals surface area contributed by atoms with Gasteiger partial charge in [0.15, 0.2) is 0 Å². The average Bonchev–Trinajstić information content (AvgIpc) is 3.61. The summed E-state index contributed by atoms with van der Waals surface area (Å²) in [5.74, 6) is -3.23. The quantitative estimate of drug-likeness (QED) is 0.111. The van der Waals surface area contributed by atoms with Gasteiger partial charge in [0.1, 0.15) is 11.7 Å². The van der Waals surface area contributed by atoms with E-state index in [0.717, 1.165) is 22.4 Å². The first-order chi connectivity index (χ1) is 25.9. The fraction of sp³-hybridized carbons (Fsp3) is 0.316. The van der Waals surface area contributed by atoms with Gasteiger partial charge in [-0.2, -0.15) is 0 Å². The summed E-state index contributed by atoms with van der Waals surface area (Å²) in [7, 11) is 0. The number of para-hydroxylation sites is 1. The van der Waals surface area contributed by atoms with E-state index < -0.39 is 55.2 Å². The highest BCUT2D eigenvalue weighted by Gasteiger charge is 2.29. The van der Waals surface area contributed by atoms with Crippen LogP contribution in [0.3, 0.4) is 0 Å². The molecular weight excluding hydrogens is 694 g/mol. The van der Waals surface area contributed by atoms with E-state index in [1.807, 2.05) is 67.1 Å². The molecule has 54 heavy (non-hydrogen) atoms. The standard InChI is InChI=1S/C38H43N9O7/c1-23(2)47-37-28-9-5-4-8-26(28)21-46(30-11-7-6-10-29(30)36(37)44-45-47)35(53)17-16-31(49)39-18-32(50)40-19-33(51)41-20-34(52)42-24(3)38(54)43-27-14-12-25(22-48)13-15-27/h4-15,23-24,48H,16-22H2,1-3H3,(H,39,49)(H,40,50)(H,41,51)(H,42,52)(H,43,54)/t24-/m0/s1. The third-order valence-corrected chi connectivity index (χ3v) is 8.61. The molecule has 16 heteroatoms. The Morgan fingerprint density at radius 1 is 0.741 bits per heavy atom. The lowest BCUT2D eigenvalue weighted by Crippen LogP contribution is -2.47. The van der Waals surface area contributed by atoms with Crippen LogP contribution in [0.5, 0.6) is 0 Å². The van der Waals surface area contributed by atoms with Crippen molar-refractivity contribution in [2.75, 3.05) is 29.9 Å². The molecule has 4 aromatic rings. The van der Waals surface area contributed by atoms with Gasteiger partial charge in [-0.3, -0.25) is 28.8 Å². The number of hydrogen-bond acceptors (Lipinski definition) is 9. The maximum absolute atomic E-state index is 13.7. The third-order valence-electron chi connectivity index (χ3n) is 8.61. The number of carbonyl (C=O) groups excluding carboxylic acids is 6. The number of amides is 6. The molecule has 1 aliphatic rings. The molecule has 1 atom stereocenters. The second kappa shape index (κ2) is 17.9. The smallest absolute Gasteiger partial charge is 0.246 e. The number of nitrogens with zero attached hydrogens (tertiary/aromatic N) is 4. The van der Waals surface area contributed by atoms with Crippen LogP contribution in [0.15, 0.2) is 72.8 Å². The van der Waals surface area contributed by atoms with Crippen LogP contribution < -0.4 is 31.5 Å². The molecule has 2 heterocycles. The Bertz CT molecular complexity index is 2030. The Balaban J connectivity index is 1.05. The lowest BCUT2D eigenvalue weighted by molar-refractivity contribution is -0.129. The van der Waals surface area contributed by atoms with E-state index in [1.54, 1.807) is 29.2 Å². The van der Waals surface area contributed by atoms with Crippen LogP contribution >= 0.6 is 0 Å². The predicted molar refractivity (Wildman–Crippen MR) is 199 cm³/mol. The van der Waals surface area contributed by atoms with Gasteiger partial charge >= 0.3 is 0 Å². The van der Waals surface area contributed by atoms with E-state index in [4.69, 9.17) is 5.11 Å². The molecule has 0 saturated carbocycles. The summed E-state index contributed by atoms with van der Waals surface area (Å²) < 4.78 is 1.88. The highest BCUT2D eigenvalue weighted by atomic mass is 16.3. The Morgan fingerprint density at radius 3 is 2.02 bits per heavy atom. The van der Waals surface area contributed by atoms with E-state index in [2.05, 4.69) is 36.9 Å². The largest absolute Gasteiger partial charge is 0.392 e. The monoisotopic (exact) mass is 737 g/mol. The number of rotatable bonds is 14. The van der Waals surface area contributed by atoms with Gasteiger partial charge in [-0.1, -0.05) is 59.8 Å². The van der Waals surface area contributed by atoms with Crippen LogP contribution in [0, 0.1) is 0 Å². The van der Waals surface area contributed by atoms with E-state index in [-0.39, 0.29) is 37.9 Å². The summed E-state index contributed by atoms with van der Waals surface area (Å²) in [5, 5.41) is 30.4. The molecule has 0 unspecified atom stereocenters. The fourth-order valence-electron chi connectivity index (χ4n) is 5.77. The Hall–Kier alpha value is -6.42. The topological polar surface area (TPSA) is 217 Å².